The summed E-state index contributed by atoms with van der Waals surface area (Å²) in [5.41, 5.74) is 0.602. The number of rotatable bonds is 5. The van der Waals surface area contributed by atoms with Crippen LogP contribution in [0.15, 0.2) is 41.0 Å². The lowest BCUT2D eigenvalue weighted by molar-refractivity contribution is 0.0976. The zero-order valence-corrected chi connectivity index (χ0v) is 12.0. The minimum absolute atomic E-state index is 0.00598. The van der Waals surface area contributed by atoms with E-state index in [9.17, 15) is 13.2 Å². The summed E-state index contributed by atoms with van der Waals surface area (Å²) in [6.07, 6.45) is 3.18. The topological polar surface area (TPSA) is 89.3 Å². The zero-order valence-electron chi connectivity index (χ0n) is 11.2. The van der Waals surface area contributed by atoms with Crippen LogP contribution in [0.4, 0.5) is 0 Å². The van der Waals surface area contributed by atoms with Crippen LogP contribution >= 0.6 is 0 Å². The van der Waals surface area contributed by atoms with Gasteiger partial charge in [-0.3, -0.25) is 4.79 Å². The Bertz CT molecular complexity index is 748. The van der Waals surface area contributed by atoms with Crippen molar-refractivity contribution >= 4 is 15.9 Å². The molecule has 1 aromatic carbocycles. The van der Waals surface area contributed by atoms with Crippen molar-refractivity contribution in [2.45, 2.75) is 24.5 Å². The largest absolute Gasteiger partial charge is 0.448 e. The van der Waals surface area contributed by atoms with Gasteiger partial charge in [0.25, 0.3) is 5.91 Å². The fourth-order valence-corrected chi connectivity index (χ4v) is 3.02. The highest BCUT2D eigenvalue weighted by atomic mass is 32.2. The summed E-state index contributed by atoms with van der Waals surface area (Å²) >= 11 is 0. The second kappa shape index (κ2) is 5.33. The zero-order chi connectivity index (χ0) is 14.9. The first-order valence-corrected chi connectivity index (χ1v) is 8.23. The first-order chi connectivity index (χ1) is 10.0. The second-order valence-electron chi connectivity index (χ2n) is 5.02. The molecule has 1 aliphatic carbocycles. The van der Waals surface area contributed by atoms with Gasteiger partial charge in [-0.2, -0.15) is 0 Å². The lowest BCUT2D eigenvalue weighted by atomic mass is 10.2. The van der Waals surface area contributed by atoms with E-state index in [0.717, 1.165) is 12.8 Å². The van der Waals surface area contributed by atoms with Crippen molar-refractivity contribution in [1.29, 1.82) is 0 Å². The molecular formula is C14H14N2O4S. The minimum Gasteiger partial charge on any atom is -0.448 e. The Morgan fingerprint density at radius 2 is 2.00 bits per heavy atom. The maximum Gasteiger partial charge on any atom is 0.286 e. The molecule has 110 valence electrons. The number of carbonyl (C=O) groups is 1. The van der Waals surface area contributed by atoms with Gasteiger partial charge in [0.15, 0.2) is 11.6 Å². The summed E-state index contributed by atoms with van der Waals surface area (Å²) in [6, 6.07) is 8.65. The molecule has 1 heterocycles. The number of amides is 1. The summed E-state index contributed by atoms with van der Waals surface area (Å²) in [6.45, 7) is 0. The molecule has 2 aromatic rings. The first-order valence-electron chi connectivity index (χ1n) is 6.58. The Kier molecular flexibility index (Phi) is 3.50. The van der Waals surface area contributed by atoms with Crippen LogP contribution in [0.25, 0.3) is 0 Å². The van der Waals surface area contributed by atoms with Crippen LogP contribution in [0.3, 0.4) is 0 Å². The number of hydrogen-bond donors (Lipinski definition) is 1. The van der Waals surface area contributed by atoms with Gasteiger partial charge >= 0.3 is 0 Å². The normalized spacial score (nSPS) is 14.9. The van der Waals surface area contributed by atoms with Gasteiger partial charge < -0.3 is 4.42 Å². The molecule has 7 heteroatoms. The van der Waals surface area contributed by atoms with Gasteiger partial charge in [-0.05, 0) is 18.4 Å². The highest BCUT2D eigenvalue weighted by Crippen LogP contribution is 2.39. The average molecular weight is 306 g/mol. The van der Waals surface area contributed by atoms with Crippen LogP contribution in [0.5, 0.6) is 0 Å². The van der Waals surface area contributed by atoms with Crippen molar-refractivity contribution in [1.82, 2.24) is 9.71 Å². The molecule has 1 saturated carbocycles. The molecule has 0 radical (unpaired) electrons. The molecule has 0 aliphatic heterocycles. The van der Waals surface area contributed by atoms with Gasteiger partial charge in [0, 0.05) is 5.92 Å². The molecule has 0 saturated heterocycles. The monoisotopic (exact) mass is 306 g/mol. The number of sulfonamides is 1. The third kappa shape index (κ3) is 3.49. The first kappa shape index (κ1) is 13.8. The lowest BCUT2D eigenvalue weighted by Gasteiger charge is -2.05. The lowest BCUT2D eigenvalue weighted by Crippen LogP contribution is -2.31. The number of aromatic nitrogens is 1. The van der Waals surface area contributed by atoms with Crippen LogP contribution < -0.4 is 4.72 Å². The molecule has 1 aliphatic rings. The molecule has 0 unspecified atom stereocenters. The van der Waals surface area contributed by atoms with Gasteiger partial charge in [-0.25, -0.2) is 18.1 Å². The fourth-order valence-electron chi connectivity index (χ4n) is 1.93. The predicted molar refractivity (Wildman–Crippen MR) is 75.0 cm³/mol. The molecule has 1 aromatic heterocycles. The van der Waals surface area contributed by atoms with Crippen LogP contribution in [-0.4, -0.2) is 19.3 Å². The highest BCUT2D eigenvalue weighted by molar-refractivity contribution is 7.89. The molecule has 1 N–H and O–H groups in total. The van der Waals surface area contributed by atoms with Crippen molar-refractivity contribution in [2.24, 2.45) is 0 Å². The van der Waals surface area contributed by atoms with Gasteiger partial charge in [0.2, 0.25) is 10.0 Å². The van der Waals surface area contributed by atoms with Gasteiger partial charge in [-0.1, -0.05) is 30.3 Å². The van der Waals surface area contributed by atoms with Crippen LogP contribution in [0.2, 0.25) is 0 Å². The Balaban J connectivity index is 1.67. The highest BCUT2D eigenvalue weighted by Gasteiger charge is 2.30. The summed E-state index contributed by atoms with van der Waals surface area (Å²) in [5.74, 6) is -0.248. The van der Waals surface area contributed by atoms with E-state index in [0.29, 0.717) is 11.5 Å². The van der Waals surface area contributed by atoms with Crippen molar-refractivity contribution in [3.8, 4) is 0 Å². The van der Waals surface area contributed by atoms with Gasteiger partial charge in [-0.15, -0.1) is 0 Å². The van der Waals surface area contributed by atoms with E-state index in [2.05, 4.69) is 4.98 Å². The van der Waals surface area contributed by atoms with Gasteiger partial charge in [0.05, 0.1) is 5.75 Å². The maximum atomic E-state index is 11.9. The molecular weight excluding hydrogens is 292 g/mol. The number of carbonyl (C=O) groups excluding carboxylic acids is 1. The Morgan fingerprint density at radius 3 is 2.67 bits per heavy atom. The average Bonchev–Trinajstić information content (AvgIpc) is 3.16. The Morgan fingerprint density at radius 1 is 1.29 bits per heavy atom. The predicted octanol–water partition coefficient (Wildman–Crippen LogP) is 1.81. The van der Waals surface area contributed by atoms with E-state index in [1.807, 2.05) is 4.72 Å². The van der Waals surface area contributed by atoms with Crippen molar-refractivity contribution in [3.63, 3.8) is 0 Å². The molecule has 1 fully saturated rings. The van der Waals surface area contributed by atoms with Crippen molar-refractivity contribution in [2.75, 3.05) is 0 Å². The van der Waals surface area contributed by atoms with Crippen molar-refractivity contribution in [3.05, 3.63) is 53.7 Å². The maximum absolute atomic E-state index is 11.9. The molecule has 21 heavy (non-hydrogen) atoms. The van der Waals surface area contributed by atoms with Crippen LogP contribution in [0.1, 0.15) is 40.7 Å². The van der Waals surface area contributed by atoms with E-state index in [-0.39, 0.29) is 17.4 Å². The molecule has 0 bridgehead atoms. The van der Waals surface area contributed by atoms with E-state index < -0.39 is 15.9 Å². The Hall–Kier alpha value is -2.15. The molecule has 6 nitrogen and oxygen atoms in total. The standard InChI is InChI=1S/C14H14N2O4S/c17-13(12-8-20-14(15-12)11-6-7-11)16-21(18,19)9-10-4-2-1-3-5-10/h1-5,8,11H,6-7,9H2,(H,16,17). The summed E-state index contributed by atoms with van der Waals surface area (Å²) < 4.78 is 31.1. The van der Waals surface area contributed by atoms with E-state index in [1.165, 1.54) is 6.26 Å². The third-order valence-electron chi connectivity index (χ3n) is 3.13. The third-order valence-corrected chi connectivity index (χ3v) is 4.34. The fraction of sp³-hybridized carbons (Fsp3) is 0.286. The second-order valence-corrected chi connectivity index (χ2v) is 6.74. The number of nitrogens with one attached hydrogen (secondary N) is 1. The quantitative estimate of drug-likeness (QED) is 0.910. The van der Waals surface area contributed by atoms with Crippen molar-refractivity contribution < 1.29 is 17.6 Å². The number of hydrogen-bond acceptors (Lipinski definition) is 5. The Labute approximate surface area is 122 Å². The van der Waals surface area contributed by atoms with Crippen LogP contribution in [-0.2, 0) is 15.8 Å². The molecule has 0 spiro atoms. The SMILES string of the molecule is O=C(NS(=O)(=O)Cc1ccccc1)c1coc(C2CC2)n1. The van der Waals surface area contributed by atoms with Crippen LogP contribution in [0, 0.1) is 0 Å². The van der Waals surface area contributed by atoms with Gasteiger partial charge in [0.1, 0.15) is 6.26 Å². The molecule has 0 atom stereocenters. The van der Waals surface area contributed by atoms with E-state index in [4.69, 9.17) is 4.42 Å². The van der Waals surface area contributed by atoms with E-state index in [1.54, 1.807) is 30.3 Å². The number of benzene rings is 1. The van der Waals surface area contributed by atoms with E-state index >= 15 is 0 Å². The smallest absolute Gasteiger partial charge is 0.286 e. The summed E-state index contributed by atoms with van der Waals surface area (Å²) in [4.78, 5) is 15.9. The summed E-state index contributed by atoms with van der Waals surface area (Å²) in [5, 5.41) is 0. The molecule has 1 amide bonds. The number of nitrogens with zero attached hydrogens (tertiary/aromatic N) is 1. The molecule has 3 rings (SSSR count). The summed E-state index contributed by atoms with van der Waals surface area (Å²) in [7, 11) is -3.76. The number of oxazole rings is 1. The minimum atomic E-state index is -3.76.